The van der Waals surface area contributed by atoms with Crippen molar-refractivity contribution in [3.8, 4) is 5.69 Å². The number of hydrogen-bond donors (Lipinski definition) is 3. The molecule has 1 fully saturated rings. The third kappa shape index (κ3) is 5.30. The summed E-state index contributed by atoms with van der Waals surface area (Å²) in [7, 11) is 0. The zero-order valence-electron chi connectivity index (χ0n) is 22.8. The summed E-state index contributed by atoms with van der Waals surface area (Å²) in [5, 5.41) is 13.9. The molecule has 7 nitrogen and oxygen atoms in total. The molecule has 1 atom stereocenters. The first kappa shape index (κ1) is 28.0. The van der Waals surface area contributed by atoms with Gasteiger partial charge in [0.1, 0.15) is 17.2 Å². The number of aliphatic carboxylic acids is 1. The lowest BCUT2D eigenvalue weighted by Gasteiger charge is -2.37. The molecule has 1 aliphatic rings. The molecule has 41 heavy (non-hydrogen) atoms. The Kier molecular flexibility index (Phi) is 7.85. The maximum atomic E-state index is 13.7. The SMILES string of the molecule is Cc1cc(C(=O)c2ccc(=O)n(-c3ccc(CNC(C(=O)O)(c4ccccc4)C4CCCC4)cc3)c2N)ccc1F. The molecule has 1 unspecified atom stereocenters. The molecule has 0 saturated heterocycles. The van der Waals surface area contributed by atoms with Crippen LogP contribution < -0.4 is 16.6 Å². The second-order valence-corrected chi connectivity index (χ2v) is 10.6. The van der Waals surface area contributed by atoms with Crippen LogP contribution in [-0.4, -0.2) is 21.4 Å². The van der Waals surface area contributed by atoms with Gasteiger partial charge in [0.15, 0.2) is 5.78 Å². The number of anilines is 1. The quantitative estimate of drug-likeness (QED) is 0.241. The highest BCUT2D eigenvalue weighted by atomic mass is 19.1. The number of rotatable bonds is 9. The Morgan fingerprint density at radius 1 is 1.00 bits per heavy atom. The van der Waals surface area contributed by atoms with E-state index in [1.807, 2.05) is 30.3 Å². The zero-order chi connectivity index (χ0) is 29.1. The number of hydrogen-bond acceptors (Lipinski definition) is 5. The molecular weight excluding hydrogens is 521 g/mol. The number of pyridine rings is 1. The van der Waals surface area contributed by atoms with Crippen molar-refractivity contribution in [1.82, 2.24) is 9.88 Å². The van der Waals surface area contributed by atoms with Crippen LogP contribution in [0.5, 0.6) is 0 Å². The van der Waals surface area contributed by atoms with Crippen LogP contribution >= 0.6 is 0 Å². The summed E-state index contributed by atoms with van der Waals surface area (Å²) in [6, 6.07) is 23.1. The molecule has 0 aliphatic heterocycles. The number of carbonyl (C=O) groups excluding carboxylic acids is 1. The van der Waals surface area contributed by atoms with Gasteiger partial charge in [-0.15, -0.1) is 0 Å². The van der Waals surface area contributed by atoms with E-state index in [4.69, 9.17) is 5.73 Å². The van der Waals surface area contributed by atoms with Crippen LogP contribution in [0, 0.1) is 18.7 Å². The minimum Gasteiger partial charge on any atom is -0.480 e. The van der Waals surface area contributed by atoms with Crippen molar-refractivity contribution in [3.63, 3.8) is 0 Å². The van der Waals surface area contributed by atoms with Crippen molar-refractivity contribution in [2.75, 3.05) is 5.73 Å². The van der Waals surface area contributed by atoms with Gasteiger partial charge in [0.25, 0.3) is 5.56 Å². The summed E-state index contributed by atoms with van der Waals surface area (Å²) in [6.45, 7) is 1.87. The number of carbonyl (C=O) groups is 2. The van der Waals surface area contributed by atoms with Gasteiger partial charge < -0.3 is 10.8 Å². The Bertz CT molecular complexity index is 1640. The Morgan fingerprint density at radius 3 is 2.32 bits per heavy atom. The number of carboxylic acids is 1. The van der Waals surface area contributed by atoms with Crippen LogP contribution in [0.4, 0.5) is 10.2 Å². The van der Waals surface area contributed by atoms with Crippen molar-refractivity contribution in [1.29, 1.82) is 0 Å². The third-order valence-corrected chi connectivity index (χ3v) is 8.09. The molecule has 1 saturated carbocycles. The fourth-order valence-corrected chi connectivity index (χ4v) is 5.87. The predicted octanol–water partition coefficient (Wildman–Crippen LogP) is 5.36. The highest BCUT2D eigenvalue weighted by molar-refractivity contribution is 6.11. The van der Waals surface area contributed by atoms with Crippen LogP contribution in [-0.2, 0) is 16.9 Å². The molecule has 0 radical (unpaired) electrons. The second kappa shape index (κ2) is 11.5. The van der Waals surface area contributed by atoms with E-state index in [0.29, 0.717) is 17.8 Å². The van der Waals surface area contributed by atoms with E-state index in [2.05, 4.69) is 5.32 Å². The maximum Gasteiger partial charge on any atom is 0.328 e. The average molecular weight is 554 g/mol. The molecule has 3 aromatic carbocycles. The second-order valence-electron chi connectivity index (χ2n) is 10.6. The van der Waals surface area contributed by atoms with E-state index in [0.717, 1.165) is 36.8 Å². The lowest BCUT2D eigenvalue weighted by atomic mass is 9.76. The number of nitrogens with one attached hydrogen (secondary N) is 1. The average Bonchev–Trinajstić information content (AvgIpc) is 3.51. The van der Waals surface area contributed by atoms with Crippen LogP contribution in [0.2, 0.25) is 0 Å². The zero-order valence-corrected chi connectivity index (χ0v) is 22.8. The smallest absolute Gasteiger partial charge is 0.328 e. The summed E-state index contributed by atoms with van der Waals surface area (Å²) in [5.41, 5.74) is 7.46. The van der Waals surface area contributed by atoms with Gasteiger partial charge in [0, 0.05) is 18.2 Å². The first-order valence-electron chi connectivity index (χ1n) is 13.7. The minimum absolute atomic E-state index is 0.0226. The highest BCUT2D eigenvalue weighted by Gasteiger charge is 2.47. The van der Waals surface area contributed by atoms with Gasteiger partial charge in [-0.25, -0.2) is 9.18 Å². The third-order valence-electron chi connectivity index (χ3n) is 8.09. The summed E-state index contributed by atoms with van der Waals surface area (Å²) in [5.74, 6) is -1.79. The molecule has 1 aliphatic carbocycles. The van der Waals surface area contributed by atoms with Gasteiger partial charge in [0.2, 0.25) is 0 Å². The van der Waals surface area contributed by atoms with Crippen molar-refractivity contribution < 1.29 is 19.1 Å². The van der Waals surface area contributed by atoms with E-state index in [1.165, 1.54) is 34.9 Å². The number of ketones is 1. The molecule has 1 heterocycles. The number of aromatic nitrogens is 1. The van der Waals surface area contributed by atoms with E-state index in [-0.39, 0.29) is 22.9 Å². The first-order valence-corrected chi connectivity index (χ1v) is 13.7. The maximum absolute atomic E-state index is 13.7. The molecular formula is C33H32FN3O4. The highest BCUT2D eigenvalue weighted by Crippen LogP contribution is 2.41. The number of nitrogen functional groups attached to an aromatic ring is 1. The normalized spacial score (nSPS) is 15.0. The standard InChI is InChI=1S/C33H32FN3O4/c1-21-19-23(13-17-28(21)34)30(39)27-16-18-29(38)37(31(27)35)26-14-11-22(12-15-26)20-36-33(32(40)41,25-9-5-6-10-25)24-7-3-2-4-8-24/h2-4,7-8,11-19,25,36H,5-6,9-10,20,35H2,1H3,(H,40,41). The van der Waals surface area contributed by atoms with Crippen molar-refractivity contribution >= 4 is 17.6 Å². The van der Waals surface area contributed by atoms with Gasteiger partial charge in [-0.2, -0.15) is 0 Å². The Labute approximate surface area is 237 Å². The molecule has 8 heteroatoms. The number of benzene rings is 3. The van der Waals surface area contributed by atoms with Gasteiger partial charge >= 0.3 is 5.97 Å². The lowest BCUT2D eigenvalue weighted by molar-refractivity contribution is -0.148. The summed E-state index contributed by atoms with van der Waals surface area (Å²) >= 11 is 0. The predicted molar refractivity (Wildman–Crippen MR) is 156 cm³/mol. The molecule has 210 valence electrons. The Balaban J connectivity index is 1.42. The van der Waals surface area contributed by atoms with Crippen LogP contribution in [0.15, 0.2) is 89.7 Å². The number of halogens is 1. The molecule has 0 bridgehead atoms. The Hall–Kier alpha value is -4.56. The number of nitrogens with zero attached hydrogens (tertiary/aromatic N) is 1. The Morgan fingerprint density at radius 2 is 1.68 bits per heavy atom. The summed E-state index contributed by atoms with van der Waals surface area (Å²) < 4.78 is 15.0. The fourth-order valence-electron chi connectivity index (χ4n) is 5.87. The van der Waals surface area contributed by atoms with Crippen LogP contribution in [0.25, 0.3) is 5.69 Å². The first-order chi connectivity index (χ1) is 19.7. The molecule has 4 N–H and O–H groups in total. The van der Waals surface area contributed by atoms with Gasteiger partial charge in [0.05, 0.1) is 11.3 Å². The largest absolute Gasteiger partial charge is 0.480 e. The topological polar surface area (TPSA) is 114 Å². The van der Waals surface area contributed by atoms with Crippen molar-refractivity contribution in [3.05, 3.63) is 129 Å². The van der Waals surface area contributed by atoms with E-state index >= 15 is 0 Å². The molecule has 4 aromatic rings. The van der Waals surface area contributed by atoms with Crippen molar-refractivity contribution in [2.24, 2.45) is 5.92 Å². The van der Waals surface area contributed by atoms with E-state index in [1.54, 1.807) is 31.2 Å². The lowest BCUT2D eigenvalue weighted by Crippen LogP contribution is -2.53. The summed E-state index contributed by atoms with van der Waals surface area (Å²) in [6.07, 6.45) is 3.67. The number of carboxylic acid groups (broad SMARTS) is 1. The van der Waals surface area contributed by atoms with Gasteiger partial charge in [-0.3, -0.25) is 19.5 Å². The number of nitrogens with two attached hydrogens (primary N) is 1. The monoisotopic (exact) mass is 553 g/mol. The molecule has 1 aromatic heterocycles. The van der Waals surface area contributed by atoms with Gasteiger partial charge in [-0.05, 0) is 78.8 Å². The fraction of sp³-hybridized carbons (Fsp3) is 0.242. The van der Waals surface area contributed by atoms with Crippen LogP contribution in [0.3, 0.4) is 0 Å². The minimum atomic E-state index is -1.22. The summed E-state index contributed by atoms with van der Waals surface area (Å²) in [4.78, 5) is 38.8. The molecule has 0 amide bonds. The number of aryl methyl sites for hydroxylation is 1. The van der Waals surface area contributed by atoms with Gasteiger partial charge in [-0.1, -0.05) is 55.3 Å². The van der Waals surface area contributed by atoms with E-state index in [9.17, 15) is 23.9 Å². The molecule has 5 rings (SSSR count). The molecule has 0 spiro atoms. The van der Waals surface area contributed by atoms with Crippen molar-refractivity contribution in [2.45, 2.75) is 44.7 Å². The van der Waals surface area contributed by atoms with E-state index < -0.39 is 28.7 Å². The van der Waals surface area contributed by atoms with Crippen LogP contribution in [0.1, 0.15) is 58.3 Å².